The van der Waals surface area contributed by atoms with Crippen molar-refractivity contribution < 1.29 is 0 Å². The SMILES string of the molecule is C[C@@H]1CN(c2ccc(C#N)c3ncnn23)Cc2c3ccc(C4CCNCC4)cc3nn21. The molecule has 0 radical (unpaired) electrons. The molecule has 4 aromatic rings. The number of pyridine rings is 1. The molecule has 0 unspecified atom stereocenters. The first-order chi connectivity index (χ1) is 15.2. The van der Waals surface area contributed by atoms with Crippen LogP contribution in [0.3, 0.4) is 0 Å². The number of aromatic nitrogens is 5. The van der Waals surface area contributed by atoms with Gasteiger partial charge in [0.15, 0.2) is 5.65 Å². The lowest BCUT2D eigenvalue weighted by atomic mass is 9.89. The summed E-state index contributed by atoms with van der Waals surface area (Å²) < 4.78 is 3.96. The van der Waals surface area contributed by atoms with E-state index in [1.54, 1.807) is 4.52 Å². The fourth-order valence-electron chi connectivity index (χ4n) is 5.15. The first-order valence-corrected chi connectivity index (χ1v) is 10.9. The molecule has 0 amide bonds. The molecule has 1 saturated heterocycles. The number of hydrogen-bond acceptors (Lipinski definition) is 6. The summed E-state index contributed by atoms with van der Waals surface area (Å²) >= 11 is 0. The van der Waals surface area contributed by atoms with E-state index in [1.165, 1.54) is 35.8 Å². The van der Waals surface area contributed by atoms with Crippen LogP contribution in [0.4, 0.5) is 5.82 Å². The van der Waals surface area contributed by atoms with Crippen LogP contribution in [-0.4, -0.2) is 44.0 Å². The van der Waals surface area contributed by atoms with Gasteiger partial charge in [0.2, 0.25) is 0 Å². The molecule has 0 spiro atoms. The first-order valence-electron chi connectivity index (χ1n) is 10.9. The normalized spacial score (nSPS) is 19.6. The van der Waals surface area contributed by atoms with Gasteiger partial charge in [-0.2, -0.15) is 20.0 Å². The smallest absolute Gasteiger partial charge is 0.175 e. The maximum absolute atomic E-state index is 9.37. The van der Waals surface area contributed by atoms with Gasteiger partial charge in [-0.25, -0.2) is 4.98 Å². The van der Waals surface area contributed by atoms with E-state index in [0.29, 0.717) is 17.1 Å². The Labute approximate surface area is 180 Å². The number of nitrogens with one attached hydrogen (secondary N) is 1. The number of anilines is 1. The average Bonchev–Trinajstić information content (AvgIpc) is 3.44. The van der Waals surface area contributed by atoms with E-state index in [4.69, 9.17) is 5.10 Å². The second-order valence-electron chi connectivity index (χ2n) is 8.63. The van der Waals surface area contributed by atoms with Crippen molar-refractivity contribution in [1.82, 2.24) is 29.7 Å². The lowest BCUT2D eigenvalue weighted by Gasteiger charge is -2.33. The summed E-state index contributed by atoms with van der Waals surface area (Å²) in [5.74, 6) is 1.57. The lowest BCUT2D eigenvalue weighted by molar-refractivity contribution is 0.427. The highest BCUT2D eigenvalue weighted by atomic mass is 15.4. The first kappa shape index (κ1) is 18.3. The maximum Gasteiger partial charge on any atom is 0.175 e. The Bertz CT molecular complexity index is 1320. The molecule has 1 aromatic carbocycles. The topological polar surface area (TPSA) is 87.1 Å². The third kappa shape index (κ3) is 2.88. The highest BCUT2D eigenvalue weighted by molar-refractivity contribution is 5.83. The molecule has 6 rings (SSSR count). The van der Waals surface area contributed by atoms with E-state index in [-0.39, 0.29) is 6.04 Å². The summed E-state index contributed by atoms with van der Waals surface area (Å²) in [4.78, 5) is 6.59. The van der Waals surface area contributed by atoms with Gasteiger partial charge in [-0.3, -0.25) is 4.68 Å². The molecule has 8 heteroatoms. The summed E-state index contributed by atoms with van der Waals surface area (Å²) in [5, 5.41) is 23.4. The number of nitriles is 1. The zero-order chi connectivity index (χ0) is 20.9. The zero-order valence-electron chi connectivity index (χ0n) is 17.5. The Morgan fingerprint density at radius 1 is 1.16 bits per heavy atom. The highest BCUT2D eigenvalue weighted by Crippen LogP contribution is 2.33. The Balaban J connectivity index is 1.39. The van der Waals surface area contributed by atoms with Crippen molar-refractivity contribution in [3.8, 4) is 6.07 Å². The van der Waals surface area contributed by atoms with Crippen molar-refractivity contribution in [1.29, 1.82) is 5.26 Å². The van der Waals surface area contributed by atoms with Crippen LogP contribution in [0.1, 0.15) is 48.5 Å². The van der Waals surface area contributed by atoms with E-state index in [0.717, 1.165) is 37.5 Å². The molecule has 8 nitrogen and oxygen atoms in total. The molecule has 2 aliphatic heterocycles. The van der Waals surface area contributed by atoms with E-state index in [2.05, 4.69) is 56.2 Å². The van der Waals surface area contributed by atoms with Gasteiger partial charge in [-0.15, -0.1) is 0 Å². The van der Waals surface area contributed by atoms with Crippen LogP contribution < -0.4 is 10.2 Å². The van der Waals surface area contributed by atoms with Crippen LogP contribution in [0.15, 0.2) is 36.7 Å². The molecule has 5 heterocycles. The Morgan fingerprint density at radius 3 is 2.87 bits per heavy atom. The average molecular weight is 413 g/mol. The van der Waals surface area contributed by atoms with E-state index >= 15 is 0 Å². The van der Waals surface area contributed by atoms with Crippen molar-refractivity contribution in [3.63, 3.8) is 0 Å². The van der Waals surface area contributed by atoms with Crippen LogP contribution in [0.5, 0.6) is 0 Å². The van der Waals surface area contributed by atoms with Crippen LogP contribution in [-0.2, 0) is 6.54 Å². The lowest BCUT2D eigenvalue weighted by Crippen LogP contribution is -2.37. The molecule has 0 bridgehead atoms. The maximum atomic E-state index is 9.37. The Hall–Kier alpha value is -3.44. The van der Waals surface area contributed by atoms with E-state index in [9.17, 15) is 5.26 Å². The van der Waals surface area contributed by atoms with Gasteiger partial charge in [0, 0.05) is 11.9 Å². The standard InChI is InChI=1S/C23H24N8/c1-15-12-29(22-5-3-18(11-24)23-26-14-27-31(22)23)13-21-19-4-2-17(10-20(19)28-30(15)21)16-6-8-25-9-7-16/h2-5,10,14-16,25H,6-9,12-13H2,1H3/t15-/m1/s1. The molecular formula is C23H24N8. The van der Waals surface area contributed by atoms with Gasteiger partial charge >= 0.3 is 0 Å². The summed E-state index contributed by atoms with van der Waals surface area (Å²) in [7, 11) is 0. The zero-order valence-corrected chi connectivity index (χ0v) is 17.5. The van der Waals surface area contributed by atoms with Crippen molar-refractivity contribution in [3.05, 3.63) is 53.5 Å². The minimum absolute atomic E-state index is 0.229. The van der Waals surface area contributed by atoms with Gasteiger partial charge < -0.3 is 10.2 Å². The molecule has 3 aromatic heterocycles. The van der Waals surface area contributed by atoms with Crippen LogP contribution in [0, 0.1) is 11.3 Å². The molecule has 0 aliphatic carbocycles. The van der Waals surface area contributed by atoms with Crippen molar-refractivity contribution >= 4 is 22.4 Å². The fraction of sp³-hybridized carbons (Fsp3) is 0.391. The van der Waals surface area contributed by atoms with Gasteiger partial charge in [0.05, 0.1) is 29.4 Å². The van der Waals surface area contributed by atoms with Crippen LogP contribution >= 0.6 is 0 Å². The number of hydrogen-bond donors (Lipinski definition) is 1. The predicted molar refractivity (Wildman–Crippen MR) is 118 cm³/mol. The van der Waals surface area contributed by atoms with Crippen molar-refractivity contribution in [2.24, 2.45) is 0 Å². The second-order valence-corrected chi connectivity index (χ2v) is 8.63. The molecule has 1 atom stereocenters. The molecule has 1 fully saturated rings. The van der Waals surface area contributed by atoms with Crippen LogP contribution in [0.25, 0.3) is 16.6 Å². The second kappa shape index (κ2) is 7.06. The minimum atomic E-state index is 0.229. The molecule has 0 saturated carbocycles. The summed E-state index contributed by atoms with van der Waals surface area (Å²) in [6.45, 7) is 5.96. The van der Waals surface area contributed by atoms with Gasteiger partial charge in [0.1, 0.15) is 18.2 Å². The Morgan fingerprint density at radius 2 is 2.03 bits per heavy atom. The highest BCUT2D eigenvalue weighted by Gasteiger charge is 2.28. The summed E-state index contributed by atoms with van der Waals surface area (Å²) in [6, 6.07) is 13.1. The third-order valence-electron chi connectivity index (χ3n) is 6.73. The molecule has 1 N–H and O–H groups in total. The number of nitrogens with zero attached hydrogens (tertiary/aromatic N) is 7. The summed E-state index contributed by atoms with van der Waals surface area (Å²) in [5.41, 5.74) is 4.86. The fourth-order valence-corrected chi connectivity index (χ4v) is 5.15. The number of benzene rings is 1. The Kier molecular flexibility index (Phi) is 4.18. The van der Waals surface area contributed by atoms with Gasteiger partial charge in [0.25, 0.3) is 0 Å². The van der Waals surface area contributed by atoms with Gasteiger partial charge in [-0.05, 0) is 62.5 Å². The van der Waals surface area contributed by atoms with E-state index < -0.39 is 0 Å². The van der Waals surface area contributed by atoms with Crippen molar-refractivity contribution in [2.45, 2.75) is 38.3 Å². The predicted octanol–water partition coefficient (Wildman–Crippen LogP) is 3.00. The number of fused-ring (bicyclic) bond motifs is 4. The van der Waals surface area contributed by atoms with E-state index in [1.807, 2.05) is 12.1 Å². The largest absolute Gasteiger partial charge is 0.348 e. The van der Waals surface area contributed by atoms with Gasteiger partial charge in [-0.1, -0.05) is 12.1 Å². The van der Waals surface area contributed by atoms with Crippen molar-refractivity contribution in [2.75, 3.05) is 24.5 Å². The molecule has 156 valence electrons. The third-order valence-corrected chi connectivity index (χ3v) is 6.73. The number of piperidine rings is 1. The molecular weight excluding hydrogens is 388 g/mol. The van der Waals surface area contributed by atoms with Crippen LogP contribution in [0.2, 0.25) is 0 Å². The monoisotopic (exact) mass is 412 g/mol. The quantitative estimate of drug-likeness (QED) is 0.545. The molecule has 2 aliphatic rings. The summed E-state index contributed by atoms with van der Waals surface area (Å²) in [6.07, 6.45) is 3.89. The molecule has 31 heavy (non-hydrogen) atoms. The number of rotatable bonds is 2. The minimum Gasteiger partial charge on any atom is -0.348 e.